The third-order valence-corrected chi connectivity index (χ3v) is 4.48. The Balaban J connectivity index is 0.000000293. The molecule has 1 aliphatic heterocycles. The molecule has 3 rings (SSSR count). The SMILES string of the molecule is C=O.CC(C)(C)OC(=O)N1CCCCC1.CNc1cc(-c2cncc(Cl)n2)c(Cl)cn1. The van der Waals surface area contributed by atoms with Crippen molar-refractivity contribution in [2.24, 2.45) is 0 Å². The summed E-state index contributed by atoms with van der Waals surface area (Å²) in [5.41, 5.74) is 1.00. The number of anilines is 1. The minimum absolute atomic E-state index is 0.160. The smallest absolute Gasteiger partial charge is 0.410 e. The van der Waals surface area contributed by atoms with Crippen LogP contribution < -0.4 is 5.32 Å². The Kier molecular flexibility index (Phi) is 11.2. The number of pyridine rings is 1. The van der Waals surface area contributed by atoms with Gasteiger partial charge in [0, 0.05) is 31.9 Å². The first-order chi connectivity index (χ1) is 14.7. The number of nitrogens with one attached hydrogen (secondary N) is 1. The fraction of sp³-hybridized carbons (Fsp3) is 0.476. The number of likely N-dealkylation sites (tertiary alicyclic amines) is 1. The lowest BCUT2D eigenvalue weighted by Crippen LogP contribution is -2.39. The summed E-state index contributed by atoms with van der Waals surface area (Å²) >= 11 is 11.8. The van der Waals surface area contributed by atoms with E-state index in [0.29, 0.717) is 21.7 Å². The quantitative estimate of drug-likeness (QED) is 0.652. The van der Waals surface area contributed by atoms with Gasteiger partial charge in [0.15, 0.2) is 0 Å². The number of carbonyl (C=O) groups excluding carboxylic acids is 2. The van der Waals surface area contributed by atoms with Crippen LogP contribution in [0.5, 0.6) is 0 Å². The summed E-state index contributed by atoms with van der Waals surface area (Å²) < 4.78 is 5.26. The minimum Gasteiger partial charge on any atom is -0.444 e. The molecule has 0 spiro atoms. The Bertz CT molecular complexity index is 840. The minimum atomic E-state index is -0.367. The van der Waals surface area contributed by atoms with Crippen LogP contribution in [0.3, 0.4) is 0 Å². The zero-order chi connectivity index (χ0) is 23.4. The van der Waals surface area contributed by atoms with E-state index in [-0.39, 0.29) is 11.7 Å². The topological polar surface area (TPSA) is 97.3 Å². The van der Waals surface area contributed by atoms with Gasteiger partial charge < -0.3 is 19.7 Å². The number of aromatic nitrogens is 3. The predicted octanol–water partition coefficient (Wildman–Crippen LogP) is 5.11. The standard InChI is InChI=1S/C10H8Cl2N4.C10H19NO2.CH2O/c1-13-10-2-6(7(11)3-15-10)8-4-14-5-9(12)16-8;1-10(2,3)13-9(12)11-7-5-4-6-8-11;1-2/h2-5H,1H3,(H,13,15);4-8H2,1-3H3;1H2. The van der Waals surface area contributed by atoms with Crippen molar-refractivity contribution in [1.82, 2.24) is 19.9 Å². The Labute approximate surface area is 193 Å². The summed E-state index contributed by atoms with van der Waals surface area (Å²) in [6.45, 7) is 9.41. The zero-order valence-corrected chi connectivity index (χ0v) is 19.8. The van der Waals surface area contributed by atoms with Gasteiger partial charge in [-0.25, -0.2) is 14.8 Å². The van der Waals surface area contributed by atoms with Gasteiger partial charge in [0.05, 0.1) is 23.1 Å². The summed E-state index contributed by atoms with van der Waals surface area (Å²) in [4.78, 5) is 33.5. The Hall–Kier alpha value is -2.45. The molecule has 8 nitrogen and oxygen atoms in total. The van der Waals surface area contributed by atoms with E-state index in [1.54, 1.807) is 30.4 Å². The fourth-order valence-corrected chi connectivity index (χ4v) is 2.99. The van der Waals surface area contributed by atoms with Crippen molar-refractivity contribution < 1.29 is 14.3 Å². The number of nitrogens with zero attached hydrogens (tertiary/aromatic N) is 4. The molecule has 1 N–H and O–H groups in total. The zero-order valence-electron chi connectivity index (χ0n) is 18.3. The van der Waals surface area contributed by atoms with Crippen LogP contribution in [0.25, 0.3) is 11.3 Å². The molecular formula is C21H29Cl2N5O3. The van der Waals surface area contributed by atoms with Crippen molar-refractivity contribution in [3.8, 4) is 11.3 Å². The molecule has 0 atom stereocenters. The molecule has 31 heavy (non-hydrogen) atoms. The Morgan fingerprint density at radius 2 is 1.77 bits per heavy atom. The number of ether oxygens (including phenoxy) is 1. The van der Waals surface area contributed by atoms with Gasteiger partial charge in [-0.15, -0.1) is 0 Å². The van der Waals surface area contributed by atoms with Crippen LogP contribution in [-0.2, 0) is 9.53 Å². The number of piperidine rings is 1. The van der Waals surface area contributed by atoms with Gasteiger partial charge in [-0.05, 0) is 46.1 Å². The van der Waals surface area contributed by atoms with Crippen molar-refractivity contribution in [3.05, 3.63) is 34.8 Å². The van der Waals surface area contributed by atoms with E-state index in [0.717, 1.165) is 31.5 Å². The van der Waals surface area contributed by atoms with Crippen molar-refractivity contribution >= 4 is 41.9 Å². The summed E-state index contributed by atoms with van der Waals surface area (Å²) in [6, 6.07) is 1.79. The molecule has 1 saturated heterocycles. The number of hydrogen-bond donors (Lipinski definition) is 1. The van der Waals surface area contributed by atoms with E-state index in [4.69, 9.17) is 32.7 Å². The van der Waals surface area contributed by atoms with Crippen LogP contribution >= 0.6 is 23.2 Å². The van der Waals surface area contributed by atoms with Crippen LogP contribution in [0.2, 0.25) is 10.2 Å². The lowest BCUT2D eigenvalue weighted by molar-refractivity contribution is -0.0980. The summed E-state index contributed by atoms with van der Waals surface area (Å²) in [5.74, 6) is 0.709. The molecular weight excluding hydrogens is 441 g/mol. The molecule has 0 aromatic carbocycles. The van der Waals surface area contributed by atoms with E-state index < -0.39 is 0 Å². The van der Waals surface area contributed by atoms with Gasteiger partial charge in [-0.3, -0.25) is 4.98 Å². The molecule has 3 heterocycles. The van der Waals surface area contributed by atoms with Crippen LogP contribution in [0.15, 0.2) is 24.7 Å². The van der Waals surface area contributed by atoms with Crippen molar-refractivity contribution in [1.29, 1.82) is 0 Å². The molecule has 0 unspecified atom stereocenters. The van der Waals surface area contributed by atoms with E-state index in [1.807, 2.05) is 27.6 Å². The average molecular weight is 470 g/mol. The number of halogens is 2. The van der Waals surface area contributed by atoms with Gasteiger partial charge in [0.2, 0.25) is 0 Å². The van der Waals surface area contributed by atoms with Crippen LogP contribution in [0.4, 0.5) is 10.6 Å². The van der Waals surface area contributed by atoms with Gasteiger partial charge >= 0.3 is 6.09 Å². The molecule has 10 heteroatoms. The molecule has 2 aromatic rings. The highest BCUT2D eigenvalue weighted by atomic mass is 35.5. The second kappa shape index (κ2) is 13.1. The first-order valence-electron chi connectivity index (χ1n) is 9.77. The Morgan fingerprint density at radius 3 is 2.32 bits per heavy atom. The average Bonchev–Trinajstić information content (AvgIpc) is 2.75. The number of hydrogen-bond acceptors (Lipinski definition) is 7. The molecule has 170 valence electrons. The molecule has 1 aliphatic rings. The molecule has 0 radical (unpaired) electrons. The maximum absolute atomic E-state index is 11.5. The normalized spacial score (nSPS) is 13.2. The molecule has 1 amide bonds. The first-order valence-corrected chi connectivity index (χ1v) is 10.5. The lowest BCUT2D eigenvalue weighted by atomic mass is 10.1. The fourth-order valence-electron chi connectivity index (χ4n) is 2.65. The maximum Gasteiger partial charge on any atom is 0.410 e. The number of rotatable bonds is 2. The van der Waals surface area contributed by atoms with Crippen molar-refractivity contribution in [2.75, 3.05) is 25.5 Å². The van der Waals surface area contributed by atoms with Crippen molar-refractivity contribution in [3.63, 3.8) is 0 Å². The van der Waals surface area contributed by atoms with Crippen LogP contribution in [-0.4, -0.2) is 58.5 Å². The van der Waals surface area contributed by atoms with Gasteiger partial charge in [-0.1, -0.05) is 23.2 Å². The highest BCUT2D eigenvalue weighted by Crippen LogP contribution is 2.27. The largest absolute Gasteiger partial charge is 0.444 e. The van der Waals surface area contributed by atoms with Crippen LogP contribution in [0, 0.1) is 0 Å². The van der Waals surface area contributed by atoms with Gasteiger partial charge in [-0.2, -0.15) is 0 Å². The van der Waals surface area contributed by atoms with Crippen LogP contribution in [0.1, 0.15) is 40.0 Å². The van der Waals surface area contributed by atoms with E-state index in [9.17, 15) is 4.79 Å². The summed E-state index contributed by atoms with van der Waals surface area (Å²) in [7, 11) is 1.78. The highest BCUT2D eigenvalue weighted by molar-refractivity contribution is 6.33. The third-order valence-electron chi connectivity index (χ3n) is 4.00. The molecule has 2 aromatic heterocycles. The lowest BCUT2D eigenvalue weighted by Gasteiger charge is -2.29. The summed E-state index contributed by atoms with van der Waals surface area (Å²) in [5, 5.41) is 3.77. The molecule has 1 fully saturated rings. The third kappa shape index (κ3) is 9.48. The second-order valence-electron chi connectivity index (χ2n) is 7.55. The number of amides is 1. The predicted molar refractivity (Wildman–Crippen MR) is 124 cm³/mol. The molecule has 0 aliphatic carbocycles. The first kappa shape index (κ1) is 26.6. The van der Waals surface area contributed by atoms with E-state index in [1.165, 1.54) is 12.6 Å². The van der Waals surface area contributed by atoms with Gasteiger partial charge in [0.1, 0.15) is 23.4 Å². The van der Waals surface area contributed by atoms with Gasteiger partial charge in [0.25, 0.3) is 0 Å². The number of carbonyl (C=O) groups is 2. The van der Waals surface area contributed by atoms with E-state index in [2.05, 4.69) is 20.3 Å². The second-order valence-corrected chi connectivity index (χ2v) is 8.35. The highest BCUT2D eigenvalue weighted by Gasteiger charge is 2.22. The monoisotopic (exact) mass is 469 g/mol. The van der Waals surface area contributed by atoms with Crippen molar-refractivity contribution in [2.45, 2.75) is 45.6 Å². The van der Waals surface area contributed by atoms with E-state index >= 15 is 0 Å². The maximum atomic E-state index is 11.5. The Morgan fingerprint density at radius 1 is 1.13 bits per heavy atom. The molecule has 0 bridgehead atoms. The summed E-state index contributed by atoms with van der Waals surface area (Å²) in [6.07, 6.45) is 7.93. The molecule has 0 saturated carbocycles.